The van der Waals surface area contributed by atoms with Crippen molar-refractivity contribution < 1.29 is 9.21 Å². The van der Waals surface area contributed by atoms with Gasteiger partial charge >= 0.3 is 0 Å². The molecule has 1 N–H and O–H groups in total. The van der Waals surface area contributed by atoms with E-state index in [1.165, 1.54) is 17.5 Å². The number of carbonyl (C=O) groups is 1. The molecule has 0 unspecified atom stereocenters. The summed E-state index contributed by atoms with van der Waals surface area (Å²) in [7, 11) is 3.80. The van der Waals surface area contributed by atoms with Crippen LogP contribution in [0.1, 0.15) is 41.4 Å². The van der Waals surface area contributed by atoms with Crippen LogP contribution in [0.5, 0.6) is 0 Å². The molecular weight excluding hydrogens is 483 g/mol. The van der Waals surface area contributed by atoms with Crippen LogP contribution in [0.2, 0.25) is 0 Å². The number of aryl methyl sites for hydroxylation is 2. The second kappa shape index (κ2) is 10.7. The Labute approximate surface area is 189 Å². The van der Waals surface area contributed by atoms with Gasteiger partial charge in [0, 0.05) is 58.1 Å². The van der Waals surface area contributed by atoms with Gasteiger partial charge in [0.05, 0.1) is 12.0 Å². The number of amides is 1. The number of rotatable bonds is 5. The SMILES string of the molecule is CCc1nn(C)c(CC)c1CNC(=NC)N1CCN(C(=O)c2ccco2)CC1.I. The Balaban J connectivity index is 0.00000300. The van der Waals surface area contributed by atoms with Crippen molar-refractivity contribution in [1.82, 2.24) is 24.9 Å². The molecule has 0 aromatic carbocycles. The molecule has 1 aliphatic heterocycles. The molecule has 3 heterocycles. The van der Waals surface area contributed by atoms with Crippen molar-refractivity contribution in [2.24, 2.45) is 12.0 Å². The highest BCUT2D eigenvalue weighted by Crippen LogP contribution is 2.16. The molecule has 160 valence electrons. The van der Waals surface area contributed by atoms with E-state index in [0.717, 1.165) is 37.6 Å². The zero-order chi connectivity index (χ0) is 20.1. The normalized spacial score (nSPS) is 14.7. The molecule has 0 bridgehead atoms. The minimum atomic E-state index is -0.0527. The molecule has 9 heteroatoms. The number of guanidine groups is 1. The number of carbonyl (C=O) groups excluding carboxylic acids is 1. The minimum Gasteiger partial charge on any atom is -0.459 e. The molecule has 2 aromatic heterocycles. The van der Waals surface area contributed by atoms with Crippen LogP contribution in [-0.4, -0.2) is 64.7 Å². The zero-order valence-electron chi connectivity index (χ0n) is 17.6. The lowest BCUT2D eigenvalue weighted by atomic mass is 10.1. The Morgan fingerprint density at radius 1 is 1.21 bits per heavy atom. The molecule has 3 rings (SSSR count). The highest BCUT2D eigenvalue weighted by molar-refractivity contribution is 14.0. The average Bonchev–Trinajstić information content (AvgIpc) is 3.36. The molecule has 0 aliphatic carbocycles. The highest BCUT2D eigenvalue weighted by Gasteiger charge is 2.25. The molecule has 0 radical (unpaired) electrons. The highest BCUT2D eigenvalue weighted by atomic mass is 127. The maximum atomic E-state index is 12.4. The van der Waals surface area contributed by atoms with Crippen molar-refractivity contribution in [1.29, 1.82) is 0 Å². The van der Waals surface area contributed by atoms with E-state index in [9.17, 15) is 4.79 Å². The largest absolute Gasteiger partial charge is 0.459 e. The molecule has 29 heavy (non-hydrogen) atoms. The Hall–Kier alpha value is -2.04. The lowest BCUT2D eigenvalue weighted by molar-refractivity contribution is 0.0657. The molecule has 1 fully saturated rings. The van der Waals surface area contributed by atoms with Gasteiger partial charge < -0.3 is 19.5 Å². The summed E-state index contributed by atoms with van der Waals surface area (Å²) < 4.78 is 7.21. The number of aromatic nitrogens is 2. The molecule has 2 aromatic rings. The number of piperazine rings is 1. The van der Waals surface area contributed by atoms with Crippen LogP contribution in [0.15, 0.2) is 27.8 Å². The monoisotopic (exact) mass is 514 g/mol. The zero-order valence-corrected chi connectivity index (χ0v) is 20.0. The standard InChI is InChI=1S/C20H30N6O2.HI/c1-5-16-15(17(6-2)24(4)23-16)14-22-20(21-3)26-11-9-25(10-12-26)19(27)18-8-7-13-28-18;/h7-8,13H,5-6,9-12,14H2,1-4H3,(H,21,22);1H. The smallest absolute Gasteiger partial charge is 0.289 e. The van der Waals surface area contributed by atoms with Gasteiger partial charge in [0.15, 0.2) is 11.7 Å². The number of hydrogen-bond acceptors (Lipinski definition) is 4. The maximum Gasteiger partial charge on any atom is 0.289 e. The van der Waals surface area contributed by atoms with E-state index in [2.05, 4.69) is 34.2 Å². The summed E-state index contributed by atoms with van der Waals surface area (Å²) in [6.45, 7) is 7.76. The third-order valence-electron chi connectivity index (χ3n) is 5.26. The number of halogens is 1. The third-order valence-corrected chi connectivity index (χ3v) is 5.26. The second-order valence-corrected chi connectivity index (χ2v) is 6.86. The van der Waals surface area contributed by atoms with Crippen LogP contribution < -0.4 is 5.32 Å². The van der Waals surface area contributed by atoms with Gasteiger partial charge in [-0.2, -0.15) is 5.10 Å². The van der Waals surface area contributed by atoms with Crippen LogP contribution >= 0.6 is 24.0 Å². The van der Waals surface area contributed by atoms with E-state index in [1.54, 1.807) is 19.2 Å². The number of furan rings is 1. The van der Waals surface area contributed by atoms with Crippen LogP contribution in [0.3, 0.4) is 0 Å². The maximum absolute atomic E-state index is 12.4. The summed E-state index contributed by atoms with van der Waals surface area (Å²) in [6.07, 6.45) is 3.40. The van der Waals surface area contributed by atoms with E-state index in [0.29, 0.717) is 25.4 Å². The Bertz CT molecular complexity index is 822. The fourth-order valence-corrected chi connectivity index (χ4v) is 3.77. The Morgan fingerprint density at radius 2 is 1.90 bits per heavy atom. The molecule has 8 nitrogen and oxygen atoms in total. The molecule has 1 amide bonds. The van der Waals surface area contributed by atoms with Gasteiger partial charge in [0.25, 0.3) is 5.91 Å². The van der Waals surface area contributed by atoms with E-state index in [1.807, 2.05) is 16.6 Å². The van der Waals surface area contributed by atoms with Crippen molar-refractivity contribution in [3.63, 3.8) is 0 Å². The molecule has 0 saturated carbocycles. The first-order valence-corrected chi connectivity index (χ1v) is 9.91. The first-order valence-electron chi connectivity index (χ1n) is 9.91. The van der Waals surface area contributed by atoms with Gasteiger partial charge in [-0.3, -0.25) is 14.5 Å². The molecular formula is C20H31IN6O2. The van der Waals surface area contributed by atoms with Crippen molar-refractivity contribution >= 4 is 35.8 Å². The molecule has 0 atom stereocenters. The van der Waals surface area contributed by atoms with Gasteiger partial charge in [-0.1, -0.05) is 13.8 Å². The summed E-state index contributed by atoms with van der Waals surface area (Å²) in [5.41, 5.74) is 3.66. The van der Waals surface area contributed by atoms with E-state index in [4.69, 9.17) is 4.42 Å². The fourth-order valence-electron chi connectivity index (χ4n) is 3.77. The molecule has 1 aliphatic rings. The Morgan fingerprint density at radius 3 is 2.45 bits per heavy atom. The third kappa shape index (κ3) is 5.12. The van der Waals surface area contributed by atoms with E-state index < -0.39 is 0 Å². The second-order valence-electron chi connectivity index (χ2n) is 6.86. The number of aliphatic imine (C=N–C) groups is 1. The van der Waals surface area contributed by atoms with Gasteiger partial charge in [0.2, 0.25) is 0 Å². The van der Waals surface area contributed by atoms with Crippen LogP contribution in [0.4, 0.5) is 0 Å². The van der Waals surface area contributed by atoms with Crippen LogP contribution in [0.25, 0.3) is 0 Å². The first kappa shape index (κ1) is 23.2. The quantitative estimate of drug-likeness (QED) is 0.377. The van der Waals surface area contributed by atoms with Gasteiger partial charge in [-0.15, -0.1) is 24.0 Å². The minimum absolute atomic E-state index is 0. The predicted octanol–water partition coefficient (Wildman–Crippen LogP) is 2.29. The van der Waals surface area contributed by atoms with Crippen molar-refractivity contribution in [2.45, 2.75) is 33.2 Å². The van der Waals surface area contributed by atoms with E-state index in [-0.39, 0.29) is 29.9 Å². The summed E-state index contributed by atoms with van der Waals surface area (Å²) in [6, 6.07) is 3.45. The van der Waals surface area contributed by atoms with Crippen molar-refractivity contribution in [3.05, 3.63) is 41.1 Å². The topological polar surface area (TPSA) is 78.9 Å². The number of nitrogens with one attached hydrogen (secondary N) is 1. The van der Waals surface area contributed by atoms with Crippen LogP contribution in [-0.2, 0) is 26.4 Å². The lowest BCUT2D eigenvalue weighted by Gasteiger charge is -2.36. The average molecular weight is 514 g/mol. The summed E-state index contributed by atoms with van der Waals surface area (Å²) in [5.74, 6) is 1.20. The Kier molecular flexibility index (Phi) is 8.54. The van der Waals surface area contributed by atoms with Crippen molar-refractivity contribution in [2.75, 3.05) is 33.2 Å². The summed E-state index contributed by atoms with van der Waals surface area (Å²) in [4.78, 5) is 20.9. The number of nitrogens with zero attached hydrogens (tertiary/aromatic N) is 5. The van der Waals surface area contributed by atoms with Gasteiger partial charge in [-0.25, -0.2) is 0 Å². The lowest BCUT2D eigenvalue weighted by Crippen LogP contribution is -2.53. The summed E-state index contributed by atoms with van der Waals surface area (Å²) >= 11 is 0. The molecule has 0 spiro atoms. The first-order chi connectivity index (χ1) is 13.6. The fraction of sp³-hybridized carbons (Fsp3) is 0.550. The van der Waals surface area contributed by atoms with Crippen LogP contribution in [0, 0.1) is 0 Å². The van der Waals surface area contributed by atoms with E-state index >= 15 is 0 Å². The predicted molar refractivity (Wildman–Crippen MR) is 124 cm³/mol. The van der Waals surface area contributed by atoms with Gasteiger partial charge in [-0.05, 0) is 25.0 Å². The van der Waals surface area contributed by atoms with Gasteiger partial charge in [0.1, 0.15) is 0 Å². The summed E-state index contributed by atoms with van der Waals surface area (Å²) in [5, 5.41) is 8.13. The number of hydrogen-bond donors (Lipinski definition) is 1. The molecule has 1 saturated heterocycles. The van der Waals surface area contributed by atoms with Crippen molar-refractivity contribution in [3.8, 4) is 0 Å².